The predicted molar refractivity (Wildman–Crippen MR) is 109 cm³/mol. The van der Waals surface area contributed by atoms with Gasteiger partial charge in [0.25, 0.3) is 0 Å². The summed E-state index contributed by atoms with van der Waals surface area (Å²) >= 11 is 11.0. The largest absolute Gasteiger partial charge is 0.452 e. The van der Waals surface area contributed by atoms with Crippen LogP contribution < -0.4 is 10.1 Å². The molecule has 0 saturated heterocycles. The van der Waals surface area contributed by atoms with E-state index in [4.69, 9.17) is 21.6 Å². The summed E-state index contributed by atoms with van der Waals surface area (Å²) in [5.41, 5.74) is 1.25. The monoisotopic (exact) mass is 457 g/mol. The Morgan fingerprint density at radius 3 is 2.89 bits per heavy atom. The summed E-state index contributed by atoms with van der Waals surface area (Å²) in [6.45, 7) is 0. The van der Waals surface area contributed by atoms with Crippen molar-refractivity contribution in [3.8, 4) is 17.6 Å². The van der Waals surface area contributed by atoms with Crippen LogP contribution in [0, 0.1) is 11.3 Å². The summed E-state index contributed by atoms with van der Waals surface area (Å²) in [6, 6.07) is 12.4. The second-order valence-electron chi connectivity index (χ2n) is 5.33. The number of anilines is 2. The molecular weight excluding hydrogens is 450 g/mol. The van der Waals surface area contributed by atoms with Gasteiger partial charge in [0.1, 0.15) is 16.1 Å². The van der Waals surface area contributed by atoms with Crippen molar-refractivity contribution in [3.63, 3.8) is 0 Å². The minimum absolute atomic E-state index is 0.365. The third-order valence-electron chi connectivity index (χ3n) is 3.49. The summed E-state index contributed by atoms with van der Waals surface area (Å²) in [5.74, 6) is 1.27. The smallest absolute Gasteiger partial charge is 0.191 e. The molecule has 0 unspecified atom stereocenters. The summed E-state index contributed by atoms with van der Waals surface area (Å²) in [7, 11) is 0. The lowest BCUT2D eigenvalue weighted by molar-refractivity contribution is 0.482. The molecule has 0 fully saturated rings. The van der Waals surface area contributed by atoms with E-state index in [2.05, 4.69) is 42.3 Å². The Hall–Kier alpha value is -2.73. The lowest BCUT2D eigenvalue weighted by Gasteiger charge is -2.12. The molecule has 9 heteroatoms. The molecule has 0 radical (unpaired) electrons. The van der Waals surface area contributed by atoms with Gasteiger partial charge >= 0.3 is 0 Å². The van der Waals surface area contributed by atoms with Crippen LogP contribution >= 0.6 is 38.9 Å². The van der Waals surface area contributed by atoms with Crippen molar-refractivity contribution < 1.29 is 4.74 Å². The summed E-state index contributed by atoms with van der Waals surface area (Å²) in [5, 5.41) is 13.3. The van der Waals surface area contributed by atoms with Gasteiger partial charge in [-0.05, 0) is 40.2 Å². The van der Waals surface area contributed by atoms with E-state index in [9.17, 15) is 0 Å². The van der Waals surface area contributed by atoms with Crippen LogP contribution in [0.2, 0.25) is 5.02 Å². The standard InChI is InChI=1S/C18H9BrClN5OS/c19-11-7-15(26-14-6-10(8-21)3-4-12(14)20)16(23-9-11)25-18-24-13-2-1-5-22-17(13)27-18/h1-7,9H,(H,23,24,25). The van der Waals surface area contributed by atoms with E-state index in [1.54, 1.807) is 36.7 Å². The van der Waals surface area contributed by atoms with Gasteiger partial charge < -0.3 is 10.1 Å². The molecule has 3 heterocycles. The number of pyridine rings is 2. The van der Waals surface area contributed by atoms with Gasteiger partial charge in [0.2, 0.25) is 0 Å². The Labute approximate surface area is 171 Å². The van der Waals surface area contributed by atoms with E-state index in [-0.39, 0.29) is 0 Å². The molecule has 4 aromatic rings. The number of nitrogens with zero attached hydrogens (tertiary/aromatic N) is 4. The fourth-order valence-corrected chi connectivity index (χ4v) is 3.56. The SMILES string of the molecule is N#Cc1ccc(Cl)c(Oc2cc(Br)cnc2Nc2nc3cccnc3s2)c1. The lowest BCUT2D eigenvalue weighted by Crippen LogP contribution is -1.97. The number of ether oxygens (including phenoxy) is 1. The molecule has 132 valence electrons. The van der Waals surface area contributed by atoms with Crippen molar-refractivity contribution in [1.29, 1.82) is 5.26 Å². The van der Waals surface area contributed by atoms with Gasteiger partial charge in [0, 0.05) is 29.0 Å². The van der Waals surface area contributed by atoms with Crippen LogP contribution in [0.1, 0.15) is 5.56 Å². The van der Waals surface area contributed by atoms with Gasteiger partial charge in [0.05, 0.1) is 16.7 Å². The van der Waals surface area contributed by atoms with E-state index < -0.39 is 0 Å². The Balaban J connectivity index is 1.69. The number of hydrogen-bond acceptors (Lipinski definition) is 7. The highest BCUT2D eigenvalue weighted by molar-refractivity contribution is 9.10. The zero-order chi connectivity index (χ0) is 18.8. The maximum Gasteiger partial charge on any atom is 0.191 e. The van der Waals surface area contributed by atoms with E-state index in [0.717, 1.165) is 14.8 Å². The average molecular weight is 459 g/mol. The molecule has 1 aromatic carbocycles. The molecule has 3 aromatic heterocycles. The molecule has 6 nitrogen and oxygen atoms in total. The third-order valence-corrected chi connectivity index (χ3v) is 5.13. The fourth-order valence-electron chi connectivity index (χ4n) is 2.29. The van der Waals surface area contributed by atoms with Gasteiger partial charge in [-0.1, -0.05) is 22.9 Å². The quantitative estimate of drug-likeness (QED) is 0.409. The minimum Gasteiger partial charge on any atom is -0.452 e. The second-order valence-corrected chi connectivity index (χ2v) is 7.63. The van der Waals surface area contributed by atoms with Crippen LogP contribution in [0.25, 0.3) is 10.3 Å². The second kappa shape index (κ2) is 7.48. The Bertz CT molecular complexity index is 1160. The maximum absolute atomic E-state index is 9.09. The van der Waals surface area contributed by atoms with Gasteiger partial charge in [0.15, 0.2) is 16.7 Å². The highest BCUT2D eigenvalue weighted by Crippen LogP contribution is 2.37. The van der Waals surface area contributed by atoms with E-state index in [1.807, 2.05) is 12.1 Å². The zero-order valence-corrected chi connectivity index (χ0v) is 16.6. The van der Waals surface area contributed by atoms with Crippen LogP contribution in [-0.2, 0) is 0 Å². The first-order valence-electron chi connectivity index (χ1n) is 7.64. The lowest BCUT2D eigenvalue weighted by atomic mass is 10.2. The average Bonchev–Trinajstić information content (AvgIpc) is 3.08. The molecule has 0 aliphatic rings. The highest BCUT2D eigenvalue weighted by Gasteiger charge is 2.13. The molecule has 0 saturated carbocycles. The number of nitriles is 1. The Kier molecular flexibility index (Phi) is 4.90. The summed E-state index contributed by atoms with van der Waals surface area (Å²) in [6.07, 6.45) is 3.37. The van der Waals surface area contributed by atoms with Crippen LogP contribution in [0.4, 0.5) is 10.9 Å². The van der Waals surface area contributed by atoms with Crippen molar-refractivity contribution in [2.24, 2.45) is 0 Å². The maximum atomic E-state index is 9.09. The Morgan fingerprint density at radius 2 is 2.07 bits per heavy atom. The van der Waals surface area contributed by atoms with Crippen LogP contribution in [-0.4, -0.2) is 15.0 Å². The molecule has 27 heavy (non-hydrogen) atoms. The number of aromatic nitrogens is 3. The van der Waals surface area contributed by atoms with Gasteiger partial charge in [-0.25, -0.2) is 15.0 Å². The molecule has 0 amide bonds. The normalized spacial score (nSPS) is 10.6. The van der Waals surface area contributed by atoms with Crippen molar-refractivity contribution in [2.45, 2.75) is 0 Å². The van der Waals surface area contributed by atoms with Crippen molar-refractivity contribution in [1.82, 2.24) is 15.0 Å². The molecule has 0 bridgehead atoms. The molecule has 1 N–H and O–H groups in total. The number of thiazole rings is 1. The third kappa shape index (κ3) is 3.85. The van der Waals surface area contributed by atoms with E-state index >= 15 is 0 Å². The molecule has 0 aliphatic heterocycles. The van der Waals surface area contributed by atoms with Crippen LogP contribution in [0.15, 0.2) is 53.3 Å². The van der Waals surface area contributed by atoms with Gasteiger partial charge in [-0.15, -0.1) is 0 Å². The number of benzene rings is 1. The Morgan fingerprint density at radius 1 is 1.19 bits per heavy atom. The van der Waals surface area contributed by atoms with Crippen molar-refractivity contribution in [3.05, 3.63) is 63.9 Å². The van der Waals surface area contributed by atoms with Crippen LogP contribution in [0.5, 0.6) is 11.5 Å². The van der Waals surface area contributed by atoms with E-state index in [1.165, 1.54) is 11.3 Å². The first kappa shape index (κ1) is 17.7. The summed E-state index contributed by atoms with van der Waals surface area (Å²) in [4.78, 5) is 14.0. The first-order chi connectivity index (χ1) is 13.1. The predicted octanol–water partition coefficient (Wildman–Crippen LogP) is 5.91. The number of fused-ring (bicyclic) bond motifs is 1. The number of nitrogens with one attached hydrogen (secondary N) is 1. The highest BCUT2D eigenvalue weighted by atomic mass is 79.9. The van der Waals surface area contributed by atoms with E-state index in [0.29, 0.717) is 33.0 Å². The molecule has 0 aliphatic carbocycles. The number of hydrogen-bond donors (Lipinski definition) is 1. The van der Waals surface area contributed by atoms with Gasteiger partial charge in [-0.2, -0.15) is 5.26 Å². The number of halogens is 2. The van der Waals surface area contributed by atoms with Gasteiger partial charge in [-0.3, -0.25) is 0 Å². The van der Waals surface area contributed by atoms with Crippen molar-refractivity contribution in [2.75, 3.05) is 5.32 Å². The topological polar surface area (TPSA) is 83.7 Å². The molecular formula is C18H9BrClN5OS. The fraction of sp³-hybridized carbons (Fsp3) is 0. The first-order valence-corrected chi connectivity index (χ1v) is 9.63. The number of rotatable bonds is 4. The zero-order valence-electron chi connectivity index (χ0n) is 13.5. The molecule has 4 rings (SSSR count). The summed E-state index contributed by atoms with van der Waals surface area (Å²) < 4.78 is 6.67. The molecule has 0 atom stereocenters. The van der Waals surface area contributed by atoms with Crippen LogP contribution in [0.3, 0.4) is 0 Å². The minimum atomic E-state index is 0.365. The molecule has 0 spiro atoms. The van der Waals surface area contributed by atoms with Crippen molar-refractivity contribution >= 4 is 60.2 Å².